The molecule has 0 amide bonds. The van der Waals surface area contributed by atoms with E-state index in [1.54, 1.807) is 6.07 Å². The SMILES string of the molecule is CNC(C)(C)c1ccc(O)c(CN(C)C)c1. The van der Waals surface area contributed by atoms with Crippen LogP contribution in [0.4, 0.5) is 0 Å². The van der Waals surface area contributed by atoms with Gasteiger partial charge >= 0.3 is 0 Å². The molecule has 0 aliphatic heterocycles. The molecule has 90 valence electrons. The van der Waals surface area contributed by atoms with Gasteiger partial charge in [0.15, 0.2) is 0 Å². The Morgan fingerprint density at radius 1 is 1.31 bits per heavy atom. The molecule has 1 aromatic carbocycles. The van der Waals surface area contributed by atoms with E-state index in [0.29, 0.717) is 5.75 Å². The fourth-order valence-electron chi connectivity index (χ4n) is 1.59. The van der Waals surface area contributed by atoms with Gasteiger partial charge in [0.1, 0.15) is 5.75 Å². The maximum atomic E-state index is 9.78. The first-order valence-corrected chi connectivity index (χ1v) is 5.53. The van der Waals surface area contributed by atoms with Crippen LogP contribution in [-0.4, -0.2) is 31.1 Å². The summed E-state index contributed by atoms with van der Waals surface area (Å²) in [4.78, 5) is 2.05. The lowest BCUT2D eigenvalue weighted by atomic mass is 9.92. The van der Waals surface area contributed by atoms with E-state index in [1.165, 1.54) is 5.56 Å². The summed E-state index contributed by atoms with van der Waals surface area (Å²) in [6.07, 6.45) is 0. The zero-order chi connectivity index (χ0) is 12.3. The predicted octanol–water partition coefficient (Wildman–Crippen LogP) is 1.91. The van der Waals surface area contributed by atoms with Crippen molar-refractivity contribution in [3.63, 3.8) is 0 Å². The highest BCUT2D eigenvalue weighted by Crippen LogP contribution is 2.26. The second-order valence-electron chi connectivity index (χ2n) is 4.96. The van der Waals surface area contributed by atoms with Gasteiger partial charge in [0.25, 0.3) is 0 Å². The van der Waals surface area contributed by atoms with Crippen molar-refractivity contribution in [1.29, 1.82) is 0 Å². The molecule has 0 fully saturated rings. The molecular formula is C13H22N2O. The molecule has 1 aromatic rings. The van der Waals surface area contributed by atoms with E-state index in [0.717, 1.165) is 12.1 Å². The quantitative estimate of drug-likeness (QED) is 0.817. The van der Waals surface area contributed by atoms with E-state index in [2.05, 4.69) is 25.2 Å². The number of nitrogens with zero attached hydrogens (tertiary/aromatic N) is 1. The van der Waals surface area contributed by atoms with E-state index in [4.69, 9.17) is 0 Å². The lowest BCUT2D eigenvalue weighted by Gasteiger charge is -2.26. The average molecular weight is 222 g/mol. The van der Waals surface area contributed by atoms with Crippen LogP contribution in [0, 0.1) is 0 Å². The van der Waals surface area contributed by atoms with Gasteiger partial charge in [-0.3, -0.25) is 0 Å². The normalized spacial score (nSPS) is 12.1. The molecule has 0 aliphatic carbocycles. The van der Waals surface area contributed by atoms with E-state index >= 15 is 0 Å². The number of nitrogens with one attached hydrogen (secondary N) is 1. The lowest BCUT2D eigenvalue weighted by Crippen LogP contribution is -2.33. The third-order valence-electron chi connectivity index (χ3n) is 2.91. The highest BCUT2D eigenvalue weighted by Gasteiger charge is 2.18. The van der Waals surface area contributed by atoms with Crippen LogP contribution in [-0.2, 0) is 12.1 Å². The van der Waals surface area contributed by atoms with Gasteiger partial charge in [-0.1, -0.05) is 6.07 Å². The van der Waals surface area contributed by atoms with Gasteiger partial charge in [0.2, 0.25) is 0 Å². The second-order valence-corrected chi connectivity index (χ2v) is 4.96. The van der Waals surface area contributed by atoms with Crippen molar-refractivity contribution in [2.45, 2.75) is 25.9 Å². The van der Waals surface area contributed by atoms with E-state index < -0.39 is 0 Å². The Bertz CT molecular complexity index is 359. The average Bonchev–Trinajstić information content (AvgIpc) is 2.20. The predicted molar refractivity (Wildman–Crippen MR) is 67.6 cm³/mol. The molecule has 1 rings (SSSR count). The van der Waals surface area contributed by atoms with Crippen molar-refractivity contribution in [1.82, 2.24) is 10.2 Å². The molecule has 2 N–H and O–H groups in total. The topological polar surface area (TPSA) is 35.5 Å². The van der Waals surface area contributed by atoms with E-state index in [9.17, 15) is 5.11 Å². The standard InChI is InChI=1S/C13H22N2O/c1-13(2,14-3)11-6-7-12(16)10(8-11)9-15(4)5/h6-8,14,16H,9H2,1-5H3. The molecule has 0 atom stereocenters. The summed E-state index contributed by atoms with van der Waals surface area (Å²) in [6, 6.07) is 5.80. The van der Waals surface area contributed by atoms with Crippen molar-refractivity contribution in [3.05, 3.63) is 29.3 Å². The summed E-state index contributed by atoms with van der Waals surface area (Å²) >= 11 is 0. The molecule has 0 aliphatic rings. The zero-order valence-electron chi connectivity index (χ0n) is 10.8. The fraction of sp³-hybridized carbons (Fsp3) is 0.538. The number of hydrogen-bond donors (Lipinski definition) is 2. The van der Waals surface area contributed by atoms with Crippen LogP contribution in [0.1, 0.15) is 25.0 Å². The molecule has 0 heterocycles. The Morgan fingerprint density at radius 2 is 1.94 bits per heavy atom. The van der Waals surface area contributed by atoms with Crippen molar-refractivity contribution in [2.24, 2.45) is 0 Å². The van der Waals surface area contributed by atoms with Gasteiger partial charge in [-0.05, 0) is 52.7 Å². The summed E-state index contributed by atoms with van der Waals surface area (Å²) < 4.78 is 0. The summed E-state index contributed by atoms with van der Waals surface area (Å²) in [5.41, 5.74) is 2.07. The van der Waals surface area contributed by atoms with Crippen molar-refractivity contribution >= 4 is 0 Å². The Hall–Kier alpha value is -1.06. The number of phenolic OH excluding ortho intramolecular Hbond substituents is 1. The van der Waals surface area contributed by atoms with Gasteiger partial charge in [-0.25, -0.2) is 0 Å². The first-order valence-electron chi connectivity index (χ1n) is 5.53. The third kappa shape index (κ3) is 2.97. The molecule has 0 aromatic heterocycles. The molecule has 0 spiro atoms. The first-order chi connectivity index (χ1) is 7.36. The van der Waals surface area contributed by atoms with Crippen molar-refractivity contribution in [2.75, 3.05) is 21.1 Å². The summed E-state index contributed by atoms with van der Waals surface area (Å²) in [6.45, 7) is 5.00. The third-order valence-corrected chi connectivity index (χ3v) is 2.91. The minimum absolute atomic E-state index is 0.0746. The first kappa shape index (κ1) is 13.0. The number of hydrogen-bond acceptors (Lipinski definition) is 3. The van der Waals surface area contributed by atoms with Crippen LogP contribution in [0.25, 0.3) is 0 Å². The maximum Gasteiger partial charge on any atom is 0.120 e. The van der Waals surface area contributed by atoms with Gasteiger partial charge in [-0.2, -0.15) is 0 Å². The molecule has 3 heteroatoms. The molecule has 3 nitrogen and oxygen atoms in total. The zero-order valence-corrected chi connectivity index (χ0v) is 10.8. The van der Waals surface area contributed by atoms with Crippen LogP contribution < -0.4 is 5.32 Å². The van der Waals surface area contributed by atoms with Gasteiger partial charge in [0, 0.05) is 17.6 Å². The van der Waals surface area contributed by atoms with Crippen LogP contribution in [0.5, 0.6) is 5.75 Å². The summed E-state index contributed by atoms with van der Waals surface area (Å²) in [5.74, 6) is 0.365. The Kier molecular flexibility index (Phi) is 3.94. The Balaban J connectivity index is 3.07. The molecule has 16 heavy (non-hydrogen) atoms. The Labute approximate surface area is 98.1 Å². The lowest BCUT2D eigenvalue weighted by molar-refractivity contribution is 0.383. The van der Waals surface area contributed by atoms with Gasteiger partial charge in [0.05, 0.1) is 0 Å². The number of phenols is 1. The van der Waals surface area contributed by atoms with Crippen LogP contribution >= 0.6 is 0 Å². The molecule has 0 unspecified atom stereocenters. The minimum atomic E-state index is -0.0746. The summed E-state index contributed by atoms with van der Waals surface area (Å²) in [7, 11) is 5.93. The van der Waals surface area contributed by atoms with Crippen LogP contribution in [0.2, 0.25) is 0 Å². The van der Waals surface area contributed by atoms with Crippen LogP contribution in [0.3, 0.4) is 0 Å². The minimum Gasteiger partial charge on any atom is -0.508 e. The van der Waals surface area contributed by atoms with Crippen LogP contribution in [0.15, 0.2) is 18.2 Å². The Morgan fingerprint density at radius 3 is 2.44 bits per heavy atom. The van der Waals surface area contributed by atoms with Gasteiger partial charge < -0.3 is 15.3 Å². The van der Waals surface area contributed by atoms with E-state index in [1.807, 2.05) is 32.1 Å². The number of rotatable bonds is 4. The maximum absolute atomic E-state index is 9.78. The number of aromatic hydroxyl groups is 1. The molecule has 0 saturated carbocycles. The fourth-order valence-corrected chi connectivity index (χ4v) is 1.59. The molecule has 0 saturated heterocycles. The van der Waals surface area contributed by atoms with Crippen molar-refractivity contribution < 1.29 is 5.11 Å². The molecule has 0 bridgehead atoms. The summed E-state index contributed by atoms with van der Waals surface area (Å²) in [5, 5.41) is 13.0. The largest absolute Gasteiger partial charge is 0.508 e. The highest BCUT2D eigenvalue weighted by molar-refractivity contribution is 5.38. The highest BCUT2D eigenvalue weighted by atomic mass is 16.3. The molecule has 0 radical (unpaired) electrons. The second kappa shape index (κ2) is 4.85. The molecular weight excluding hydrogens is 200 g/mol. The number of benzene rings is 1. The van der Waals surface area contributed by atoms with E-state index in [-0.39, 0.29) is 5.54 Å². The van der Waals surface area contributed by atoms with Gasteiger partial charge in [-0.15, -0.1) is 0 Å². The monoisotopic (exact) mass is 222 g/mol. The smallest absolute Gasteiger partial charge is 0.120 e. The van der Waals surface area contributed by atoms with Crippen molar-refractivity contribution in [3.8, 4) is 5.75 Å².